The van der Waals surface area contributed by atoms with Gasteiger partial charge in [-0.15, -0.1) is 0 Å². The summed E-state index contributed by atoms with van der Waals surface area (Å²) in [7, 11) is 0. The van der Waals surface area contributed by atoms with E-state index in [0.717, 1.165) is 5.56 Å². The second-order valence-corrected chi connectivity index (χ2v) is 6.16. The summed E-state index contributed by atoms with van der Waals surface area (Å²) in [5.74, 6) is -0.0387. The van der Waals surface area contributed by atoms with Crippen molar-refractivity contribution in [3.05, 3.63) is 75.6 Å². The number of hydrogen-bond donors (Lipinski definition) is 1. The van der Waals surface area contributed by atoms with E-state index >= 15 is 0 Å². The van der Waals surface area contributed by atoms with E-state index in [1.165, 1.54) is 12.1 Å². The van der Waals surface area contributed by atoms with Gasteiger partial charge in [0.05, 0.1) is 12.8 Å². The molecule has 0 saturated heterocycles. The van der Waals surface area contributed by atoms with Crippen molar-refractivity contribution in [1.82, 2.24) is 10.1 Å². The highest BCUT2D eigenvalue weighted by atomic mass is 35.5. The van der Waals surface area contributed by atoms with Crippen LogP contribution in [0.1, 0.15) is 17.3 Å². The molecule has 2 aromatic carbocycles. The van der Waals surface area contributed by atoms with Crippen molar-refractivity contribution in [1.29, 1.82) is 0 Å². The molecule has 5 nitrogen and oxygen atoms in total. The van der Waals surface area contributed by atoms with Crippen LogP contribution >= 0.6 is 23.2 Å². The lowest BCUT2D eigenvalue weighted by Crippen LogP contribution is -2.15. The van der Waals surface area contributed by atoms with Gasteiger partial charge in [0.2, 0.25) is 11.8 Å². The summed E-state index contributed by atoms with van der Waals surface area (Å²) in [6.45, 7) is 0. The molecule has 0 aliphatic carbocycles. The number of amides is 1. The Bertz CT molecular complexity index is 877. The van der Waals surface area contributed by atoms with Crippen molar-refractivity contribution < 1.29 is 13.7 Å². The van der Waals surface area contributed by atoms with Crippen molar-refractivity contribution >= 4 is 34.8 Å². The lowest BCUT2D eigenvalue weighted by molar-refractivity contribution is -0.115. The molecule has 8 heteroatoms. The molecule has 0 aliphatic rings. The monoisotopic (exact) mass is 379 g/mol. The van der Waals surface area contributed by atoms with Gasteiger partial charge in [-0.1, -0.05) is 40.5 Å². The smallest absolute Gasteiger partial charge is 0.232 e. The van der Waals surface area contributed by atoms with Crippen LogP contribution in [-0.4, -0.2) is 16.0 Å². The SMILES string of the molecule is O=C(Cc1noc(Cc2ccc(F)cc2)n1)Nc1cc(Cl)cc(Cl)c1. The van der Waals surface area contributed by atoms with E-state index in [9.17, 15) is 9.18 Å². The van der Waals surface area contributed by atoms with Gasteiger partial charge in [-0.2, -0.15) is 4.98 Å². The zero-order chi connectivity index (χ0) is 17.8. The Hall–Kier alpha value is -2.44. The molecule has 1 amide bonds. The fraction of sp³-hybridized carbons (Fsp3) is 0.118. The number of benzene rings is 2. The third kappa shape index (κ3) is 5.01. The summed E-state index contributed by atoms with van der Waals surface area (Å²) in [6.07, 6.45) is 0.301. The van der Waals surface area contributed by atoms with Crippen LogP contribution in [0, 0.1) is 5.82 Å². The van der Waals surface area contributed by atoms with Crippen LogP contribution in [0.4, 0.5) is 10.1 Å². The average Bonchev–Trinajstić information content (AvgIpc) is 2.95. The minimum absolute atomic E-state index is 0.0585. The van der Waals surface area contributed by atoms with Gasteiger partial charge < -0.3 is 9.84 Å². The van der Waals surface area contributed by atoms with Crippen molar-refractivity contribution in [2.75, 3.05) is 5.32 Å². The van der Waals surface area contributed by atoms with Crippen LogP contribution in [0.3, 0.4) is 0 Å². The molecule has 3 aromatic rings. The number of carbonyl (C=O) groups is 1. The number of aromatic nitrogens is 2. The van der Waals surface area contributed by atoms with Gasteiger partial charge in [0, 0.05) is 15.7 Å². The van der Waals surface area contributed by atoms with Gasteiger partial charge in [0.25, 0.3) is 0 Å². The zero-order valence-corrected chi connectivity index (χ0v) is 14.3. The maximum absolute atomic E-state index is 12.9. The normalized spacial score (nSPS) is 10.7. The van der Waals surface area contributed by atoms with Crippen molar-refractivity contribution in [3.63, 3.8) is 0 Å². The number of anilines is 1. The minimum atomic E-state index is -0.326. The Morgan fingerprint density at radius 2 is 1.80 bits per heavy atom. The summed E-state index contributed by atoms with van der Waals surface area (Å²) in [4.78, 5) is 16.2. The zero-order valence-electron chi connectivity index (χ0n) is 12.8. The first-order valence-electron chi connectivity index (χ1n) is 7.30. The largest absolute Gasteiger partial charge is 0.339 e. The number of hydrogen-bond acceptors (Lipinski definition) is 4. The molecule has 0 unspecified atom stereocenters. The summed E-state index contributed by atoms with van der Waals surface area (Å²) in [5.41, 5.74) is 1.31. The molecule has 128 valence electrons. The summed E-state index contributed by atoms with van der Waals surface area (Å²) in [6, 6.07) is 10.7. The Balaban J connectivity index is 1.60. The molecule has 0 radical (unpaired) electrons. The van der Waals surface area contributed by atoms with Crippen LogP contribution in [0.25, 0.3) is 0 Å². The maximum atomic E-state index is 12.9. The number of halogens is 3. The van der Waals surface area contributed by atoms with Crippen molar-refractivity contribution in [2.45, 2.75) is 12.8 Å². The quantitative estimate of drug-likeness (QED) is 0.717. The highest BCUT2D eigenvalue weighted by molar-refractivity contribution is 6.35. The predicted molar refractivity (Wildman–Crippen MR) is 92.3 cm³/mol. The van der Waals surface area contributed by atoms with Crippen LogP contribution in [-0.2, 0) is 17.6 Å². The summed E-state index contributed by atoms with van der Waals surface area (Å²) < 4.78 is 18.0. The maximum Gasteiger partial charge on any atom is 0.232 e. The van der Waals surface area contributed by atoms with Crippen molar-refractivity contribution in [3.8, 4) is 0 Å². The second-order valence-electron chi connectivity index (χ2n) is 5.29. The van der Waals surface area contributed by atoms with E-state index in [-0.39, 0.29) is 24.0 Å². The Labute approximate surface area is 152 Å². The number of nitrogens with one attached hydrogen (secondary N) is 1. The lowest BCUT2D eigenvalue weighted by Gasteiger charge is -2.04. The molecule has 3 rings (SSSR count). The predicted octanol–water partition coefficient (Wildman–Crippen LogP) is 4.29. The van der Waals surface area contributed by atoms with Crippen molar-refractivity contribution in [2.24, 2.45) is 0 Å². The molecule has 1 heterocycles. The molecule has 0 bridgehead atoms. The number of rotatable bonds is 5. The Morgan fingerprint density at radius 1 is 1.12 bits per heavy atom. The summed E-state index contributed by atoms with van der Waals surface area (Å²) >= 11 is 11.8. The molecule has 0 atom stereocenters. The molecular formula is C17H12Cl2FN3O2. The molecule has 1 N–H and O–H groups in total. The van der Waals surface area contributed by atoms with E-state index in [4.69, 9.17) is 27.7 Å². The first kappa shape index (κ1) is 17.4. The van der Waals surface area contributed by atoms with Gasteiger partial charge >= 0.3 is 0 Å². The van der Waals surface area contributed by atoms with E-state index in [1.807, 2.05) is 0 Å². The molecule has 25 heavy (non-hydrogen) atoms. The van der Waals surface area contributed by atoms with E-state index < -0.39 is 0 Å². The highest BCUT2D eigenvalue weighted by Crippen LogP contribution is 2.22. The molecular weight excluding hydrogens is 368 g/mol. The topological polar surface area (TPSA) is 68.0 Å². The van der Waals surface area contributed by atoms with Crippen LogP contribution < -0.4 is 5.32 Å². The first-order chi connectivity index (χ1) is 12.0. The number of nitrogens with zero attached hydrogens (tertiary/aromatic N) is 2. The third-order valence-corrected chi connectivity index (χ3v) is 3.68. The van der Waals surface area contributed by atoms with E-state index in [1.54, 1.807) is 30.3 Å². The summed E-state index contributed by atoms with van der Waals surface area (Å²) in [5, 5.41) is 7.28. The van der Waals surface area contributed by atoms with Crippen LogP contribution in [0.2, 0.25) is 10.0 Å². The molecule has 1 aromatic heterocycles. The standard InChI is InChI=1S/C17H12Cl2FN3O2/c18-11-6-12(19)8-14(7-11)21-16(24)9-15-22-17(25-23-15)5-10-1-3-13(20)4-2-10/h1-4,6-8H,5,9H2,(H,21,24). The van der Waals surface area contributed by atoms with E-state index in [2.05, 4.69) is 15.5 Å². The Kier molecular flexibility index (Phi) is 5.31. The fourth-order valence-corrected chi connectivity index (χ4v) is 2.71. The van der Waals surface area contributed by atoms with Gasteiger partial charge in [0.1, 0.15) is 5.82 Å². The molecule has 0 saturated carbocycles. The first-order valence-corrected chi connectivity index (χ1v) is 8.05. The van der Waals surface area contributed by atoms with Gasteiger partial charge in [-0.05, 0) is 35.9 Å². The van der Waals surface area contributed by atoms with E-state index in [0.29, 0.717) is 28.0 Å². The minimum Gasteiger partial charge on any atom is -0.339 e. The third-order valence-electron chi connectivity index (χ3n) is 3.24. The van der Waals surface area contributed by atoms with Gasteiger partial charge in [0.15, 0.2) is 5.82 Å². The fourth-order valence-electron chi connectivity index (χ4n) is 2.19. The average molecular weight is 380 g/mol. The Morgan fingerprint density at radius 3 is 2.48 bits per heavy atom. The molecule has 0 aliphatic heterocycles. The van der Waals surface area contributed by atoms with Gasteiger partial charge in [-0.3, -0.25) is 4.79 Å². The number of carbonyl (C=O) groups excluding carboxylic acids is 1. The second kappa shape index (κ2) is 7.63. The van der Waals surface area contributed by atoms with Crippen LogP contribution in [0.15, 0.2) is 47.0 Å². The van der Waals surface area contributed by atoms with Crippen LogP contribution in [0.5, 0.6) is 0 Å². The highest BCUT2D eigenvalue weighted by Gasteiger charge is 2.12. The lowest BCUT2D eigenvalue weighted by atomic mass is 10.1. The molecule has 0 fully saturated rings. The van der Waals surface area contributed by atoms with Gasteiger partial charge in [-0.25, -0.2) is 4.39 Å². The molecule has 0 spiro atoms.